The van der Waals surface area contributed by atoms with Crippen LogP contribution in [-0.2, 0) is 0 Å². The van der Waals surface area contributed by atoms with Crippen molar-refractivity contribution in [3.63, 3.8) is 0 Å². The highest BCUT2D eigenvalue weighted by atomic mass is 35.5. The molecule has 22 heavy (non-hydrogen) atoms. The van der Waals surface area contributed by atoms with Crippen molar-refractivity contribution in [2.75, 3.05) is 36.8 Å². The molecule has 3 rings (SSSR count). The summed E-state index contributed by atoms with van der Waals surface area (Å²) in [6, 6.07) is 15.0. The van der Waals surface area contributed by atoms with Crippen LogP contribution in [-0.4, -0.2) is 37.0 Å². The van der Waals surface area contributed by atoms with Gasteiger partial charge in [-0.05, 0) is 30.3 Å². The number of nitrogens with zero attached hydrogens (tertiary/aromatic N) is 2. The average Bonchev–Trinajstić information content (AvgIpc) is 2.55. The minimum atomic E-state index is -0.00201. The van der Waals surface area contributed by atoms with Gasteiger partial charge in [0.15, 0.2) is 0 Å². The third kappa shape index (κ3) is 3.02. The molecule has 0 aromatic heterocycles. The van der Waals surface area contributed by atoms with E-state index in [0.717, 1.165) is 24.5 Å². The lowest BCUT2D eigenvalue weighted by molar-refractivity contribution is 0.0747. The molecule has 0 spiro atoms. The van der Waals surface area contributed by atoms with Crippen molar-refractivity contribution in [1.29, 1.82) is 0 Å². The van der Waals surface area contributed by atoms with Crippen LogP contribution in [0.5, 0.6) is 0 Å². The summed E-state index contributed by atoms with van der Waals surface area (Å²) in [5.74, 6) is -0.00201. The minimum absolute atomic E-state index is 0.00201. The largest absolute Gasteiger partial charge is 0.399 e. The number of hydrogen-bond donors (Lipinski definition) is 1. The van der Waals surface area contributed by atoms with Crippen molar-refractivity contribution >= 4 is 28.9 Å². The molecule has 0 bridgehead atoms. The SMILES string of the molecule is Nc1cccc(N2CCN(C(=O)c3ccccc3Cl)CC2)c1. The van der Waals surface area contributed by atoms with Gasteiger partial charge in [-0.2, -0.15) is 0 Å². The molecule has 0 saturated carbocycles. The van der Waals surface area contributed by atoms with Gasteiger partial charge in [-0.3, -0.25) is 4.79 Å². The maximum atomic E-state index is 12.5. The summed E-state index contributed by atoms with van der Waals surface area (Å²) >= 11 is 6.11. The fraction of sp³-hybridized carbons (Fsp3) is 0.235. The summed E-state index contributed by atoms with van der Waals surface area (Å²) in [6.07, 6.45) is 0. The molecule has 4 nitrogen and oxygen atoms in total. The number of nitrogens with two attached hydrogens (primary N) is 1. The van der Waals surface area contributed by atoms with Crippen molar-refractivity contribution in [2.24, 2.45) is 0 Å². The van der Waals surface area contributed by atoms with E-state index in [-0.39, 0.29) is 5.91 Å². The summed E-state index contributed by atoms with van der Waals surface area (Å²) in [5, 5.41) is 0.505. The summed E-state index contributed by atoms with van der Waals surface area (Å²) in [6.45, 7) is 2.94. The highest BCUT2D eigenvalue weighted by Crippen LogP contribution is 2.21. The second-order valence-electron chi connectivity index (χ2n) is 5.35. The summed E-state index contributed by atoms with van der Waals surface area (Å²) in [7, 11) is 0. The molecule has 1 heterocycles. The first kappa shape index (κ1) is 14.7. The van der Waals surface area contributed by atoms with Crippen LogP contribution in [0.1, 0.15) is 10.4 Å². The first-order valence-electron chi connectivity index (χ1n) is 7.29. The lowest BCUT2D eigenvalue weighted by Crippen LogP contribution is -2.48. The number of amides is 1. The Kier molecular flexibility index (Phi) is 4.20. The third-order valence-electron chi connectivity index (χ3n) is 3.91. The van der Waals surface area contributed by atoms with Crippen LogP contribution in [0.4, 0.5) is 11.4 Å². The van der Waals surface area contributed by atoms with Crippen molar-refractivity contribution in [2.45, 2.75) is 0 Å². The molecular weight excluding hydrogens is 298 g/mol. The minimum Gasteiger partial charge on any atom is -0.399 e. The van der Waals surface area contributed by atoms with Gasteiger partial charge in [0.25, 0.3) is 5.91 Å². The molecule has 1 saturated heterocycles. The summed E-state index contributed by atoms with van der Waals surface area (Å²) < 4.78 is 0. The van der Waals surface area contributed by atoms with E-state index in [2.05, 4.69) is 4.90 Å². The van der Waals surface area contributed by atoms with E-state index in [0.29, 0.717) is 23.7 Å². The highest BCUT2D eigenvalue weighted by molar-refractivity contribution is 6.33. The number of carbonyl (C=O) groups is 1. The third-order valence-corrected chi connectivity index (χ3v) is 4.24. The fourth-order valence-electron chi connectivity index (χ4n) is 2.69. The van der Waals surface area contributed by atoms with Crippen LogP contribution in [0.15, 0.2) is 48.5 Å². The van der Waals surface area contributed by atoms with Gasteiger partial charge in [-0.1, -0.05) is 29.8 Å². The number of hydrogen-bond acceptors (Lipinski definition) is 3. The highest BCUT2D eigenvalue weighted by Gasteiger charge is 2.23. The molecule has 0 radical (unpaired) electrons. The van der Waals surface area contributed by atoms with Gasteiger partial charge >= 0.3 is 0 Å². The Labute approximate surface area is 135 Å². The van der Waals surface area contributed by atoms with E-state index >= 15 is 0 Å². The van der Waals surface area contributed by atoms with Crippen molar-refractivity contribution in [3.05, 3.63) is 59.1 Å². The Morgan fingerprint density at radius 1 is 1.00 bits per heavy atom. The maximum absolute atomic E-state index is 12.5. The molecule has 2 aromatic carbocycles. The fourth-order valence-corrected chi connectivity index (χ4v) is 2.91. The molecule has 1 aliphatic rings. The monoisotopic (exact) mass is 315 g/mol. The summed E-state index contributed by atoms with van der Waals surface area (Å²) in [4.78, 5) is 16.6. The summed E-state index contributed by atoms with van der Waals surface area (Å²) in [5.41, 5.74) is 8.26. The smallest absolute Gasteiger partial charge is 0.255 e. The number of nitrogen functional groups attached to an aromatic ring is 1. The number of halogens is 1. The lowest BCUT2D eigenvalue weighted by atomic mass is 10.1. The number of benzene rings is 2. The normalized spacial score (nSPS) is 15.0. The quantitative estimate of drug-likeness (QED) is 0.867. The molecule has 1 aliphatic heterocycles. The second-order valence-corrected chi connectivity index (χ2v) is 5.76. The van der Waals surface area contributed by atoms with Gasteiger partial charge in [0, 0.05) is 37.6 Å². The number of anilines is 2. The Balaban J connectivity index is 1.67. The zero-order valence-electron chi connectivity index (χ0n) is 12.2. The Hall–Kier alpha value is -2.20. The number of piperazine rings is 1. The zero-order valence-corrected chi connectivity index (χ0v) is 13.0. The molecule has 0 unspecified atom stereocenters. The van der Waals surface area contributed by atoms with E-state index in [9.17, 15) is 4.79 Å². The molecule has 0 aliphatic carbocycles. The van der Waals surface area contributed by atoms with Crippen LogP contribution in [0.3, 0.4) is 0 Å². The first-order valence-corrected chi connectivity index (χ1v) is 7.67. The van der Waals surface area contributed by atoms with E-state index in [1.165, 1.54) is 0 Å². The average molecular weight is 316 g/mol. The number of carbonyl (C=O) groups excluding carboxylic acids is 1. The topological polar surface area (TPSA) is 49.6 Å². The molecule has 114 valence electrons. The Bertz CT molecular complexity index is 681. The maximum Gasteiger partial charge on any atom is 0.255 e. The molecule has 2 N–H and O–H groups in total. The van der Waals surface area contributed by atoms with Gasteiger partial charge in [-0.15, -0.1) is 0 Å². The van der Waals surface area contributed by atoms with Crippen LogP contribution in [0.25, 0.3) is 0 Å². The van der Waals surface area contributed by atoms with Crippen molar-refractivity contribution in [1.82, 2.24) is 4.90 Å². The second kappa shape index (κ2) is 6.28. The van der Waals surface area contributed by atoms with Gasteiger partial charge < -0.3 is 15.5 Å². The van der Waals surface area contributed by atoms with Crippen molar-refractivity contribution in [3.8, 4) is 0 Å². The molecular formula is C17H18ClN3O. The predicted molar refractivity (Wildman–Crippen MR) is 90.4 cm³/mol. The molecule has 1 amide bonds. The van der Waals surface area contributed by atoms with E-state index < -0.39 is 0 Å². The zero-order chi connectivity index (χ0) is 15.5. The molecule has 5 heteroatoms. The van der Waals surface area contributed by atoms with Crippen LogP contribution >= 0.6 is 11.6 Å². The first-order chi connectivity index (χ1) is 10.6. The Morgan fingerprint density at radius 2 is 1.73 bits per heavy atom. The molecule has 2 aromatic rings. The van der Waals surface area contributed by atoms with E-state index in [1.54, 1.807) is 12.1 Å². The van der Waals surface area contributed by atoms with Gasteiger partial charge in [0.2, 0.25) is 0 Å². The predicted octanol–water partition coefficient (Wildman–Crippen LogP) is 2.88. The van der Waals surface area contributed by atoms with Crippen molar-refractivity contribution < 1.29 is 4.79 Å². The van der Waals surface area contributed by atoms with Crippen LogP contribution in [0.2, 0.25) is 5.02 Å². The lowest BCUT2D eigenvalue weighted by Gasteiger charge is -2.36. The molecule has 0 atom stereocenters. The number of rotatable bonds is 2. The van der Waals surface area contributed by atoms with E-state index in [1.807, 2.05) is 41.3 Å². The van der Waals surface area contributed by atoms with Gasteiger partial charge in [0.05, 0.1) is 10.6 Å². The van der Waals surface area contributed by atoms with Crippen LogP contribution < -0.4 is 10.6 Å². The standard InChI is InChI=1S/C17H18ClN3O/c18-16-7-2-1-6-15(16)17(22)21-10-8-20(9-11-21)14-5-3-4-13(19)12-14/h1-7,12H,8-11,19H2. The van der Waals surface area contributed by atoms with Crippen LogP contribution in [0, 0.1) is 0 Å². The Morgan fingerprint density at radius 3 is 2.41 bits per heavy atom. The van der Waals surface area contributed by atoms with E-state index in [4.69, 9.17) is 17.3 Å². The van der Waals surface area contributed by atoms with Gasteiger partial charge in [0.1, 0.15) is 0 Å². The molecule has 1 fully saturated rings. The van der Waals surface area contributed by atoms with Gasteiger partial charge in [-0.25, -0.2) is 0 Å².